The number of hydrogen-bond acceptors (Lipinski definition) is 2. The van der Waals surface area contributed by atoms with Crippen molar-refractivity contribution in [3.8, 4) is 0 Å². The predicted molar refractivity (Wildman–Crippen MR) is 90.5 cm³/mol. The number of sulfone groups is 1. The summed E-state index contributed by atoms with van der Waals surface area (Å²) in [6, 6.07) is 7.38. The lowest BCUT2D eigenvalue weighted by atomic mass is 9.87. The summed E-state index contributed by atoms with van der Waals surface area (Å²) in [5.74, 6) is 0.964. The second-order valence-corrected chi connectivity index (χ2v) is 9.45. The molecule has 1 rings (SSSR count). The molecule has 0 aliphatic rings. The Morgan fingerprint density at radius 1 is 0.952 bits per heavy atom. The summed E-state index contributed by atoms with van der Waals surface area (Å²) in [6.45, 7) is 10.8. The van der Waals surface area contributed by atoms with Crippen LogP contribution < -0.4 is 0 Å². The fourth-order valence-corrected chi connectivity index (χ4v) is 3.67. The molecule has 0 heterocycles. The molecule has 0 aromatic heterocycles. The minimum Gasteiger partial charge on any atom is -0.224 e. The molecule has 1 aromatic carbocycles. The van der Waals surface area contributed by atoms with Gasteiger partial charge >= 0.3 is 0 Å². The van der Waals surface area contributed by atoms with Crippen molar-refractivity contribution in [1.29, 1.82) is 0 Å². The third-order valence-electron chi connectivity index (χ3n) is 3.77. The zero-order valence-corrected chi connectivity index (χ0v) is 15.0. The van der Waals surface area contributed by atoms with E-state index in [9.17, 15) is 8.42 Å². The fourth-order valence-electron chi connectivity index (χ4n) is 2.30. The quantitative estimate of drug-likeness (QED) is 0.666. The van der Waals surface area contributed by atoms with E-state index in [2.05, 4.69) is 34.6 Å². The normalized spacial score (nSPS) is 12.9. The molecule has 0 fully saturated rings. The molecule has 0 unspecified atom stereocenters. The van der Waals surface area contributed by atoms with Gasteiger partial charge in [0.05, 0.1) is 10.6 Å². The van der Waals surface area contributed by atoms with Crippen molar-refractivity contribution in [2.75, 3.05) is 5.75 Å². The second kappa shape index (κ2) is 7.44. The Labute approximate surface area is 130 Å². The molecule has 0 saturated heterocycles. The van der Waals surface area contributed by atoms with Gasteiger partial charge in [-0.2, -0.15) is 0 Å². The molecule has 2 nitrogen and oxygen atoms in total. The van der Waals surface area contributed by atoms with Gasteiger partial charge in [0.2, 0.25) is 0 Å². The van der Waals surface area contributed by atoms with Crippen LogP contribution in [0, 0.1) is 5.92 Å². The van der Waals surface area contributed by atoms with Gasteiger partial charge in [0.15, 0.2) is 9.84 Å². The molecular weight excluding hydrogens is 280 g/mol. The Morgan fingerprint density at radius 2 is 1.52 bits per heavy atom. The van der Waals surface area contributed by atoms with Crippen LogP contribution in [0.1, 0.15) is 65.9 Å². The first-order valence-corrected chi connectivity index (χ1v) is 9.61. The molecule has 0 aliphatic heterocycles. The first-order chi connectivity index (χ1) is 9.63. The molecule has 120 valence electrons. The number of unbranched alkanes of at least 4 members (excludes halogenated alkanes) is 2. The Bertz CT molecular complexity index is 519. The van der Waals surface area contributed by atoms with E-state index in [0.29, 0.717) is 10.8 Å². The minimum atomic E-state index is -3.12. The fraction of sp³-hybridized carbons (Fsp3) is 0.667. The smallest absolute Gasteiger partial charge is 0.178 e. The molecular formula is C18H30O2S. The third-order valence-corrected chi connectivity index (χ3v) is 5.59. The van der Waals surface area contributed by atoms with Gasteiger partial charge in [0.1, 0.15) is 0 Å². The first kappa shape index (κ1) is 18.2. The summed E-state index contributed by atoms with van der Waals surface area (Å²) in [4.78, 5) is 0.458. The van der Waals surface area contributed by atoms with E-state index in [0.717, 1.165) is 19.3 Å². The van der Waals surface area contributed by atoms with Gasteiger partial charge in [-0.15, -0.1) is 0 Å². The van der Waals surface area contributed by atoms with Crippen LogP contribution in [0.5, 0.6) is 0 Å². The van der Waals surface area contributed by atoms with E-state index in [-0.39, 0.29) is 11.2 Å². The molecule has 0 aliphatic carbocycles. The van der Waals surface area contributed by atoms with Crippen LogP contribution in [-0.4, -0.2) is 14.2 Å². The van der Waals surface area contributed by atoms with Crippen LogP contribution in [-0.2, 0) is 15.3 Å². The monoisotopic (exact) mass is 310 g/mol. The Hall–Kier alpha value is -0.830. The number of hydrogen-bond donors (Lipinski definition) is 0. The maximum absolute atomic E-state index is 12.3. The van der Waals surface area contributed by atoms with Crippen LogP contribution >= 0.6 is 0 Å². The van der Waals surface area contributed by atoms with Crippen molar-refractivity contribution in [2.45, 2.75) is 70.6 Å². The lowest BCUT2D eigenvalue weighted by Gasteiger charge is -2.19. The van der Waals surface area contributed by atoms with Gasteiger partial charge in [0.25, 0.3) is 0 Å². The molecule has 0 saturated carbocycles. The summed E-state index contributed by atoms with van der Waals surface area (Å²) in [5.41, 5.74) is 1.22. The highest BCUT2D eigenvalue weighted by molar-refractivity contribution is 7.91. The van der Waals surface area contributed by atoms with E-state index >= 15 is 0 Å². The van der Waals surface area contributed by atoms with Gasteiger partial charge in [0, 0.05) is 0 Å². The Balaban J connectivity index is 2.58. The summed E-state index contributed by atoms with van der Waals surface area (Å²) >= 11 is 0. The first-order valence-electron chi connectivity index (χ1n) is 7.96. The van der Waals surface area contributed by atoms with E-state index in [1.165, 1.54) is 12.0 Å². The highest BCUT2D eigenvalue weighted by Crippen LogP contribution is 2.24. The molecule has 3 heteroatoms. The topological polar surface area (TPSA) is 34.1 Å². The summed E-state index contributed by atoms with van der Waals surface area (Å²) in [7, 11) is -3.12. The molecule has 0 N–H and O–H groups in total. The minimum absolute atomic E-state index is 0.0547. The van der Waals surface area contributed by atoms with Crippen LogP contribution in [0.2, 0.25) is 0 Å². The van der Waals surface area contributed by atoms with Crippen molar-refractivity contribution in [2.24, 2.45) is 5.92 Å². The van der Waals surface area contributed by atoms with Gasteiger partial charge in [-0.1, -0.05) is 66.0 Å². The van der Waals surface area contributed by atoms with Gasteiger partial charge in [-0.05, 0) is 35.4 Å². The lowest BCUT2D eigenvalue weighted by molar-refractivity contribution is 0.531. The van der Waals surface area contributed by atoms with Crippen molar-refractivity contribution < 1.29 is 8.42 Å². The highest BCUT2D eigenvalue weighted by Gasteiger charge is 2.17. The molecule has 1 aromatic rings. The zero-order valence-electron chi connectivity index (χ0n) is 14.1. The number of rotatable bonds is 7. The molecule has 0 spiro atoms. The van der Waals surface area contributed by atoms with Gasteiger partial charge in [-0.3, -0.25) is 0 Å². The average molecular weight is 311 g/mol. The van der Waals surface area contributed by atoms with Crippen LogP contribution in [0.4, 0.5) is 0 Å². The standard InChI is InChI=1S/C18H30O2S/c1-15(2)9-7-6-8-14-21(19,20)17-12-10-16(11-13-17)18(3,4)5/h10-13,15H,6-9,14H2,1-5H3. The van der Waals surface area contributed by atoms with E-state index in [4.69, 9.17) is 0 Å². The van der Waals surface area contributed by atoms with Gasteiger partial charge < -0.3 is 0 Å². The third kappa shape index (κ3) is 6.21. The molecule has 0 radical (unpaired) electrons. The van der Waals surface area contributed by atoms with Crippen molar-refractivity contribution in [3.05, 3.63) is 29.8 Å². The molecule has 21 heavy (non-hydrogen) atoms. The largest absolute Gasteiger partial charge is 0.224 e. The summed E-state index contributed by atoms with van der Waals surface area (Å²) in [6.07, 6.45) is 4.06. The molecule has 0 amide bonds. The second-order valence-electron chi connectivity index (χ2n) is 7.34. The molecule has 0 bridgehead atoms. The van der Waals surface area contributed by atoms with Crippen LogP contribution in [0.3, 0.4) is 0 Å². The van der Waals surface area contributed by atoms with E-state index in [1.807, 2.05) is 12.1 Å². The molecule has 0 atom stereocenters. The average Bonchev–Trinajstić information content (AvgIpc) is 2.37. The van der Waals surface area contributed by atoms with Crippen molar-refractivity contribution in [3.63, 3.8) is 0 Å². The Morgan fingerprint density at radius 3 is 2.00 bits per heavy atom. The zero-order chi connectivity index (χ0) is 16.1. The summed E-state index contributed by atoms with van der Waals surface area (Å²) < 4.78 is 24.6. The van der Waals surface area contributed by atoms with Crippen LogP contribution in [0.25, 0.3) is 0 Å². The number of benzene rings is 1. The highest BCUT2D eigenvalue weighted by atomic mass is 32.2. The maximum Gasteiger partial charge on any atom is 0.178 e. The summed E-state index contributed by atoms with van der Waals surface area (Å²) in [5, 5.41) is 0. The Kier molecular flexibility index (Phi) is 6.45. The van der Waals surface area contributed by atoms with Gasteiger partial charge in [-0.25, -0.2) is 8.42 Å². The SMILES string of the molecule is CC(C)CCCCCS(=O)(=O)c1ccc(C(C)(C)C)cc1. The maximum atomic E-state index is 12.3. The van der Waals surface area contributed by atoms with E-state index in [1.54, 1.807) is 12.1 Å². The van der Waals surface area contributed by atoms with Crippen LogP contribution in [0.15, 0.2) is 29.2 Å². The van der Waals surface area contributed by atoms with E-state index < -0.39 is 9.84 Å². The van der Waals surface area contributed by atoms with Crippen molar-refractivity contribution in [1.82, 2.24) is 0 Å². The van der Waals surface area contributed by atoms with Crippen molar-refractivity contribution >= 4 is 9.84 Å². The predicted octanol–water partition coefficient (Wildman–Crippen LogP) is 4.97. The lowest BCUT2D eigenvalue weighted by Crippen LogP contribution is -2.12.